The predicted molar refractivity (Wildman–Crippen MR) is 109 cm³/mol. The first-order valence-corrected chi connectivity index (χ1v) is 11.2. The lowest BCUT2D eigenvalue weighted by molar-refractivity contribution is -0.130. The first kappa shape index (κ1) is 20.5. The van der Waals surface area contributed by atoms with Crippen molar-refractivity contribution in [3.05, 3.63) is 36.0 Å². The van der Waals surface area contributed by atoms with Crippen molar-refractivity contribution < 1.29 is 17.9 Å². The summed E-state index contributed by atoms with van der Waals surface area (Å²) in [5.41, 5.74) is 1.79. The average Bonchev–Trinajstić information content (AvgIpc) is 3.05. The molecule has 2 heterocycles. The molecule has 1 aliphatic heterocycles. The molecule has 0 saturated carbocycles. The molecule has 1 saturated heterocycles. The van der Waals surface area contributed by atoms with Gasteiger partial charge in [-0.2, -0.15) is 0 Å². The third-order valence-electron chi connectivity index (χ3n) is 5.39. The maximum Gasteiger partial charge on any atom is 0.223 e. The summed E-state index contributed by atoms with van der Waals surface area (Å²) >= 11 is 0. The van der Waals surface area contributed by atoms with Crippen molar-refractivity contribution in [1.29, 1.82) is 0 Å². The number of methoxy groups -OCH3 is 1. The van der Waals surface area contributed by atoms with E-state index >= 15 is 0 Å². The molecule has 0 aliphatic carbocycles. The van der Waals surface area contributed by atoms with E-state index in [0.717, 1.165) is 16.5 Å². The van der Waals surface area contributed by atoms with Crippen LogP contribution in [0.5, 0.6) is 5.75 Å². The van der Waals surface area contributed by atoms with Crippen LogP contribution in [0.3, 0.4) is 0 Å². The van der Waals surface area contributed by atoms with Crippen LogP contribution in [0, 0.1) is 0 Å². The van der Waals surface area contributed by atoms with E-state index in [0.29, 0.717) is 31.7 Å². The number of nitrogens with zero attached hydrogens (tertiary/aromatic N) is 3. The number of hydrogen-bond acceptors (Lipinski definition) is 6. The number of benzene rings is 1. The number of carbonyl (C=O) groups excluding carboxylic acids is 1. The van der Waals surface area contributed by atoms with Gasteiger partial charge in [-0.25, -0.2) is 8.42 Å². The Bertz CT molecular complexity index is 961. The second-order valence-corrected chi connectivity index (χ2v) is 9.59. The van der Waals surface area contributed by atoms with Crippen LogP contribution in [0.4, 0.5) is 0 Å². The van der Waals surface area contributed by atoms with E-state index in [2.05, 4.69) is 4.98 Å². The van der Waals surface area contributed by atoms with Crippen molar-refractivity contribution in [2.45, 2.75) is 25.4 Å². The van der Waals surface area contributed by atoms with E-state index in [4.69, 9.17) is 4.74 Å². The number of amides is 1. The highest BCUT2D eigenvalue weighted by Crippen LogP contribution is 2.27. The van der Waals surface area contributed by atoms with E-state index in [-0.39, 0.29) is 23.5 Å². The summed E-state index contributed by atoms with van der Waals surface area (Å²) in [5.74, 6) is 1.18. The molecule has 1 aromatic carbocycles. The van der Waals surface area contributed by atoms with Crippen molar-refractivity contribution >= 4 is 26.6 Å². The largest absolute Gasteiger partial charge is 0.494 e. The number of pyridine rings is 1. The van der Waals surface area contributed by atoms with Gasteiger partial charge in [0.2, 0.25) is 5.91 Å². The van der Waals surface area contributed by atoms with Gasteiger partial charge in [-0.3, -0.25) is 9.78 Å². The molecule has 2 aromatic rings. The van der Waals surface area contributed by atoms with Crippen LogP contribution in [0.25, 0.3) is 10.9 Å². The predicted octanol–water partition coefficient (Wildman–Crippen LogP) is 1.71. The van der Waals surface area contributed by atoms with Gasteiger partial charge < -0.3 is 14.5 Å². The van der Waals surface area contributed by atoms with Gasteiger partial charge in [0.15, 0.2) is 9.84 Å². The van der Waals surface area contributed by atoms with Crippen LogP contribution in [0.2, 0.25) is 0 Å². The molecule has 1 amide bonds. The highest BCUT2D eigenvalue weighted by molar-refractivity contribution is 7.91. The van der Waals surface area contributed by atoms with Crippen LogP contribution in [-0.2, 0) is 21.2 Å². The zero-order valence-electron chi connectivity index (χ0n) is 16.6. The first-order valence-electron chi connectivity index (χ1n) is 9.36. The molecule has 0 bridgehead atoms. The summed E-state index contributed by atoms with van der Waals surface area (Å²) in [7, 11) is 2.38. The van der Waals surface area contributed by atoms with Crippen molar-refractivity contribution in [1.82, 2.24) is 14.8 Å². The van der Waals surface area contributed by atoms with Crippen molar-refractivity contribution in [3.8, 4) is 5.75 Å². The zero-order chi connectivity index (χ0) is 20.3. The summed E-state index contributed by atoms with van der Waals surface area (Å²) < 4.78 is 28.6. The minimum absolute atomic E-state index is 0.0136. The third-order valence-corrected chi connectivity index (χ3v) is 7.14. The van der Waals surface area contributed by atoms with Crippen LogP contribution in [0.15, 0.2) is 30.5 Å². The molecule has 152 valence electrons. The Hall–Kier alpha value is -2.19. The molecule has 0 spiro atoms. The maximum absolute atomic E-state index is 12.6. The fourth-order valence-electron chi connectivity index (χ4n) is 3.62. The van der Waals surface area contributed by atoms with Crippen LogP contribution < -0.4 is 4.74 Å². The summed E-state index contributed by atoms with van der Waals surface area (Å²) in [6.45, 7) is 1.03. The van der Waals surface area contributed by atoms with E-state index in [9.17, 15) is 13.2 Å². The Balaban J connectivity index is 1.61. The highest BCUT2D eigenvalue weighted by atomic mass is 32.2. The molecular formula is C20H27N3O4S. The number of rotatable bonds is 7. The Morgan fingerprint density at radius 3 is 2.75 bits per heavy atom. The monoisotopic (exact) mass is 405 g/mol. The lowest BCUT2D eigenvalue weighted by atomic mass is 10.1. The molecule has 1 aromatic heterocycles. The molecule has 3 rings (SSSR count). The van der Waals surface area contributed by atoms with Crippen molar-refractivity contribution in [2.75, 3.05) is 39.3 Å². The lowest BCUT2D eigenvalue weighted by Gasteiger charge is -2.24. The number of carbonyl (C=O) groups is 1. The second kappa shape index (κ2) is 8.45. The maximum atomic E-state index is 12.6. The van der Waals surface area contributed by atoms with E-state index in [1.54, 1.807) is 25.3 Å². The summed E-state index contributed by atoms with van der Waals surface area (Å²) in [6, 6.07) is 7.70. The van der Waals surface area contributed by atoms with Gasteiger partial charge in [0.25, 0.3) is 0 Å². The molecule has 1 unspecified atom stereocenters. The molecule has 1 aliphatic rings. The van der Waals surface area contributed by atoms with Crippen LogP contribution in [0.1, 0.15) is 18.4 Å². The van der Waals surface area contributed by atoms with Gasteiger partial charge in [0.1, 0.15) is 11.3 Å². The number of aromatic nitrogens is 1. The van der Waals surface area contributed by atoms with Gasteiger partial charge in [0.05, 0.1) is 18.6 Å². The van der Waals surface area contributed by atoms with Crippen LogP contribution >= 0.6 is 0 Å². The van der Waals surface area contributed by atoms with E-state index in [1.165, 1.54) is 0 Å². The standard InChI is InChI=1S/C20H27N3O4S/c1-22(16-9-12-28(25,26)14-16)11-8-19(24)23(2)13-15-6-7-18(27-3)20-17(15)5-4-10-21-20/h4-7,10,16H,8-9,11-14H2,1-3H3. The smallest absolute Gasteiger partial charge is 0.223 e. The second-order valence-electron chi connectivity index (χ2n) is 7.36. The third kappa shape index (κ3) is 4.62. The molecule has 8 heteroatoms. The summed E-state index contributed by atoms with van der Waals surface area (Å²) in [6.07, 6.45) is 2.73. The Kier molecular flexibility index (Phi) is 6.20. The minimum atomic E-state index is -2.92. The zero-order valence-corrected chi connectivity index (χ0v) is 17.4. The summed E-state index contributed by atoms with van der Waals surface area (Å²) in [5, 5.41) is 0.967. The highest BCUT2D eigenvalue weighted by Gasteiger charge is 2.30. The van der Waals surface area contributed by atoms with Crippen LogP contribution in [-0.4, -0.2) is 74.4 Å². The van der Waals surface area contributed by atoms with Gasteiger partial charge in [-0.1, -0.05) is 12.1 Å². The topological polar surface area (TPSA) is 79.8 Å². The molecule has 1 atom stereocenters. The minimum Gasteiger partial charge on any atom is -0.494 e. The lowest BCUT2D eigenvalue weighted by Crippen LogP contribution is -2.36. The Morgan fingerprint density at radius 2 is 2.07 bits per heavy atom. The van der Waals surface area contributed by atoms with E-state index in [1.807, 2.05) is 36.2 Å². The van der Waals surface area contributed by atoms with E-state index < -0.39 is 9.84 Å². The first-order chi connectivity index (χ1) is 13.3. The summed E-state index contributed by atoms with van der Waals surface area (Å²) in [4.78, 5) is 20.7. The molecule has 7 nitrogen and oxygen atoms in total. The number of ether oxygens (including phenoxy) is 1. The number of hydrogen-bond donors (Lipinski definition) is 0. The van der Waals surface area contributed by atoms with Crippen molar-refractivity contribution in [3.63, 3.8) is 0 Å². The van der Waals surface area contributed by atoms with Gasteiger partial charge in [-0.15, -0.1) is 0 Å². The molecule has 28 heavy (non-hydrogen) atoms. The fourth-order valence-corrected chi connectivity index (χ4v) is 5.43. The number of sulfone groups is 1. The average molecular weight is 406 g/mol. The van der Waals surface area contributed by atoms with Gasteiger partial charge in [0, 0.05) is 44.2 Å². The molecule has 0 N–H and O–H groups in total. The van der Waals surface area contributed by atoms with Crippen molar-refractivity contribution in [2.24, 2.45) is 0 Å². The quantitative estimate of drug-likeness (QED) is 0.698. The normalized spacial score (nSPS) is 18.5. The number of fused-ring (bicyclic) bond motifs is 1. The SMILES string of the molecule is COc1ccc(CN(C)C(=O)CCN(C)C2CCS(=O)(=O)C2)c2cccnc12. The Labute approximate surface area is 166 Å². The fraction of sp³-hybridized carbons (Fsp3) is 0.500. The Morgan fingerprint density at radius 1 is 1.29 bits per heavy atom. The van der Waals surface area contributed by atoms with Gasteiger partial charge in [-0.05, 0) is 31.2 Å². The molecular weight excluding hydrogens is 378 g/mol. The molecule has 1 fully saturated rings. The van der Waals surface area contributed by atoms with Gasteiger partial charge >= 0.3 is 0 Å². The molecule has 0 radical (unpaired) electrons.